The second-order valence-electron chi connectivity index (χ2n) is 4.88. The van der Waals surface area contributed by atoms with E-state index in [1.54, 1.807) is 0 Å². The molecule has 2 aromatic heterocycles. The highest BCUT2D eigenvalue weighted by atomic mass is 14.7. The maximum atomic E-state index is 4.56. The zero-order valence-electron chi connectivity index (χ0n) is 10.6. The number of pyridine rings is 1. The topological polar surface area (TPSA) is 28.7 Å². The first-order valence-corrected chi connectivity index (χ1v) is 6.28. The van der Waals surface area contributed by atoms with E-state index in [1.807, 2.05) is 12.4 Å². The van der Waals surface area contributed by atoms with Gasteiger partial charge in [-0.25, -0.2) is 0 Å². The minimum atomic E-state index is 0.505. The minimum absolute atomic E-state index is 0.505. The van der Waals surface area contributed by atoms with Crippen LogP contribution in [0.15, 0.2) is 48.8 Å². The largest absolute Gasteiger partial charge is 0.360 e. The average molecular weight is 236 g/mol. The highest BCUT2D eigenvalue weighted by Crippen LogP contribution is 2.29. The van der Waals surface area contributed by atoms with Crippen molar-refractivity contribution in [1.82, 2.24) is 9.97 Å². The predicted molar refractivity (Wildman–Crippen MR) is 75.6 cm³/mol. The first-order valence-electron chi connectivity index (χ1n) is 6.28. The zero-order chi connectivity index (χ0) is 12.5. The molecule has 2 nitrogen and oxygen atoms in total. The van der Waals surface area contributed by atoms with E-state index in [-0.39, 0.29) is 0 Å². The Balaban J connectivity index is 2.19. The van der Waals surface area contributed by atoms with Crippen LogP contribution in [-0.4, -0.2) is 9.97 Å². The van der Waals surface area contributed by atoms with Gasteiger partial charge in [0.05, 0.1) is 17.4 Å². The van der Waals surface area contributed by atoms with Crippen LogP contribution in [0.3, 0.4) is 0 Å². The number of fused-ring (bicyclic) bond motifs is 1. The highest BCUT2D eigenvalue weighted by Gasteiger charge is 2.09. The van der Waals surface area contributed by atoms with Crippen LogP contribution < -0.4 is 0 Å². The number of aromatic nitrogens is 2. The van der Waals surface area contributed by atoms with Gasteiger partial charge in [0.1, 0.15) is 0 Å². The Morgan fingerprint density at radius 2 is 1.94 bits per heavy atom. The maximum absolute atomic E-state index is 4.56. The molecule has 0 spiro atoms. The third kappa shape index (κ3) is 1.80. The molecule has 0 aliphatic heterocycles. The maximum Gasteiger partial charge on any atom is 0.0712 e. The lowest BCUT2D eigenvalue weighted by molar-refractivity contribution is 0.868. The van der Waals surface area contributed by atoms with E-state index in [9.17, 15) is 0 Å². The summed E-state index contributed by atoms with van der Waals surface area (Å²) in [5.41, 5.74) is 4.71. The van der Waals surface area contributed by atoms with Gasteiger partial charge in [-0.05, 0) is 23.6 Å². The van der Waals surface area contributed by atoms with Crippen LogP contribution >= 0.6 is 0 Å². The summed E-state index contributed by atoms with van der Waals surface area (Å²) in [5.74, 6) is 0.505. The summed E-state index contributed by atoms with van der Waals surface area (Å²) in [7, 11) is 0. The van der Waals surface area contributed by atoms with Crippen LogP contribution in [0.1, 0.15) is 25.3 Å². The van der Waals surface area contributed by atoms with Crippen molar-refractivity contribution in [3.8, 4) is 11.3 Å². The lowest BCUT2D eigenvalue weighted by Crippen LogP contribution is -1.93. The van der Waals surface area contributed by atoms with Gasteiger partial charge in [0, 0.05) is 17.1 Å². The molecule has 2 heterocycles. The van der Waals surface area contributed by atoms with Crippen molar-refractivity contribution < 1.29 is 0 Å². The molecule has 18 heavy (non-hydrogen) atoms. The molecule has 0 atom stereocenters. The summed E-state index contributed by atoms with van der Waals surface area (Å²) in [6.45, 7) is 4.43. The second-order valence-corrected chi connectivity index (χ2v) is 4.88. The third-order valence-corrected chi connectivity index (χ3v) is 3.30. The quantitative estimate of drug-likeness (QED) is 0.704. The van der Waals surface area contributed by atoms with Crippen LogP contribution in [0, 0.1) is 0 Å². The first-order chi connectivity index (χ1) is 8.75. The summed E-state index contributed by atoms with van der Waals surface area (Å²) < 4.78 is 0. The molecule has 3 aromatic rings. The van der Waals surface area contributed by atoms with Crippen molar-refractivity contribution in [1.29, 1.82) is 0 Å². The molecule has 2 heteroatoms. The Hall–Kier alpha value is -2.09. The number of hydrogen-bond acceptors (Lipinski definition) is 1. The molecule has 0 radical (unpaired) electrons. The number of nitrogens with one attached hydrogen (secondary N) is 1. The molecule has 0 aliphatic rings. The van der Waals surface area contributed by atoms with Gasteiger partial charge in [0.25, 0.3) is 0 Å². The van der Waals surface area contributed by atoms with Gasteiger partial charge in [-0.1, -0.05) is 38.1 Å². The molecular formula is C16H16N2. The van der Waals surface area contributed by atoms with Gasteiger partial charge in [0.15, 0.2) is 0 Å². The molecule has 90 valence electrons. The Labute approximate surface area is 107 Å². The lowest BCUT2D eigenvalue weighted by atomic mass is 9.95. The smallest absolute Gasteiger partial charge is 0.0712 e. The highest BCUT2D eigenvalue weighted by molar-refractivity contribution is 5.83. The van der Waals surface area contributed by atoms with Crippen LogP contribution in [0.2, 0.25) is 0 Å². The summed E-state index contributed by atoms with van der Waals surface area (Å²) in [6.07, 6.45) is 3.85. The van der Waals surface area contributed by atoms with E-state index in [2.05, 4.69) is 60.2 Å². The van der Waals surface area contributed by atoms with Crippen molar-refractivity contribution in [3.05, 3.63) is 54.4 Å². The average Bonchev–Trinajstić information content (AvgIpc) is 2.85. The Bertz CT molecular complexity index is 680. The molecule has 0 saturated heterocycles. The van der Waals surface area contributed by atoms with Crippen LogP contribution in [0.25, 0.3) is 22.2 Å². The molecule has 1 N–H and O–H groups in total. The van der Waals surface area contributed by atoms with Gasteiger partial charge >= 0.3 is 0 Å². The van der Waals surface area contributed by atoms with E-state index < -0.39 is 0 Å². The summed E-state index contributed by atoms with van der Waals surface area (Å²) in [4.78, 5) is 7.73. The van der Waals surface area contributed by atoms with Crippen LogP contribution in [0.4, 0.5) is 0 Å². The second kappa shape index (κ2) is 4.30. The van der Waals surface area contributed by atoms with E-state index >= 15 is 0 Å². The fraction of sp³-hybridized carbons (Fsp3) is 0.188. The van der Waals surface area contributed by atoms with E-state index in [4.69, 9.17) is 0 Å². The molecule has 0 unspecified atom stereocenters. The molecule has 0 saturated carbocycles. The lowest BCUT2D eigenvalue weighted by Gasteiger charge is -2.12. The zero-order valence-corrected chi connectivity index (χ0v) is 10.6. The minimum Gasteiger partial charge on any atom is -0.360 e. The number of nitrogens with zero attached hydrogens (tertiary/aromatic N) is 1. The molecule has 3 rings (SSSR count). The van der Waals surface area contributed by atoms with E-state index in [1.165, 1.54) is 16.5 Å². The van der Waals surface area contributed by atoms with Gasteiger partial charge in [-0.15, -0.1) is 0 Å². The molecule has 0 aliphatic carbocycles. The van der Waals surface area contributed by atoms with Gasteiger partial charge in [0.2, 0.25) is 0 Å². The third-order valence-electron chi connectivity index (χ3n) is 3.30. The van der Waals surface area contributed by atoms with Crippen molar-refractivity contribution in [2.75, 3.05) is 0 Å². The summed E-state index contributed by atoms with van der Waals surface area (Å²) in [6, 6.07) is 12.7. The van der Waals surface area contributed by atoms with E-state index in [0.717, 1.165) is 11.2 Å². The number of H-pyrrole nitrogens is 1. The van der Waals surface area contributed by atoms with Crippen LogP contribution in [0.5, 0.6) is 0 Å². The predicted octanol–water partition coefficient (Wildman–Crippen LogP) is 4.35. The van der Waals surface area contributed by atoms with Crippen LogP contribution in [-0.2, 0) is 0 Å². The van der Waals surface area contributed by atoms with Gasteiger partial charge in [-0.3, -0.25) is 4.98 Å². The normalized spacial score (nSPS) is 11.3. The molecule has 1 aromatic carbocycles. The Kier molecular flexibility index (Phi) is 2.63. The number of rotatable bonds is 2. The first kappa shape index (κ1) is 11.0. The Morgan fingerprint density at radius 1 is 1.11 bits per heavy atom. The fourth-order valence-corrected chi connectivity index (χ4v) is 2.33. The van der Waals surface area contributed by atoms with Crippen molar-refractivity contribution in [3.63, 3.8) is 0 Å². The monoisotopic (exact) mass is 236 g/mol. The molecule has 0 amide bonds. The molecule has 0 fully saturated rings. The number of aromatic amines is 1. The van der Waals surface area contributed by atoms with Gasteiger partial charge in [-0.2, -0.15) is 0 Å². The SMILES string of the molecule is CC(C)c1ccccc1-c1cc2cc[nH]c2cn1. The van der Waals surface area contributed by atoms with E-state index in [0.29, 0.717) is 5.92 Å². The standard InChI is InChI=1S/C16H16N2/c1-11(2)13-5-3-4-6-14(13)15-9-12-7-8-17-16(12)10-18-15/h3-11,17H,1-2H3. The van der Waals surface area contributed by atoms with Gasteiger partial charge < -0.3 is 4.98 Å². The summed E-state index contributed by atoms with van der Waals surface area (Å²) >= 11 is 0. The number of benzene rings is 1. The Morgan fingerprint density at radius 3 is 2.78 bits per heavy atom. The molecule has 0 bridgehead atoms. The van der Waals surface area contributed by atoms with Crippen molar-refractivity contribution in [2.45, 2.75) is 19.8 Å². The fourth-order valence-electron chi connectivity index (χ4n) is 2.33. The summed E-state index contributed by atoms with van der Waals surface area (Å²) in [5, 5.41) is 1.21. The molecular weight excluding hydrogens is 220 g/mol. The number of hydrogen-bond donors (Lipinski definition) is 1. The van der Waals surface area contributed by atoms with Crippen molar-refractivity contribution >= 4 is 10.9 Å². The van der Waals surface area contributed by atoms with Crippen molar-refractivity contribution in [2.24, 2.45) is 0 Å².